The van der Waals surface area contributed by atoms with E-state index in [-0.39, 0.29) is 5.92 Å². The summed E-state index contributed by atoms with van der Waals surface area (Å²) in [7, 11) is 0. The molecule has 0 aliphatic rings. The third-order valence-corrected chi connectivity index (χ3v) is 3.13. The Morgan fingerprint density at radius 2 is 2.00 bits per heavy atom. The maximum atomic E-state index is 9.15. The molecule has 1 aromatic rings. The van der Waals surface area contributed by atoms with E-state index in [1.54, 1.807) is 0 Å². The Morgan fingerprint density at radius 1 is 1.25 bits per heavy atom. The molecule has 0 radical (unpaired) electrons. The van der Waals surface area contributed by atoms with E-state index in [1.165, 1.54) is 19.3 Å². The molecule has 0 fully saturated rings. The van der Waals surface area contributed by atoms with Gasteiger partial charge in [0.2, 0.25) is 0 Å². The monoisotopic (exact) mass is 235 g/mol. The Morgan fingerprint density at radius 3 is 2.62 bits per heavy atom. The SMILES string of the molecule is CCCCCCC(C#N)c1ccccc1Cl. The largest absolute Gasteiger partial charge is 0.198 e. The van der Waals surface area contributed by atoms with Gasteiger partial charge in [0.25, 0.3) is 0 Å². The number of rotatable bonds is 6. The van der Waals surface area contributed by atoms with Crippen LogP contribution in [0.1, 0.15) is 50.5 Å². The average molecular weight is 236 g/mol. The van der Waals surface area contributed by atoms with Gasteiger partial charge in [-0.2, -0.15) is 5.26 Å². The Balaban J connectivity index is 2.55. The van der Waals surface area contributed by atoms with Crippen molar-refractivity contribution in [2.45, 2.75) is 44.9 Å². The fourth-order valence-corrected chi connectivity index (χ4v) is 2.09. The molecule has 0 saturated carbocycles. The maximum absolute atomic E-state index is 9.15. The topological polar surface area (TPSA) is 23.8 Å². The van der Waals surface area contributed by atoms with Crippen molar-refractivity contribution in [1.29, 1.82) is 5.26 Å². The van der Waals surface area contributed by atoms with E-state index >= 15 is 0 Å². The highest BCUT2D eigenvalue weighted by molar-refractivity contribution is 6.31. The van der Waals surface area contributed by atoms with E-state index in [4.69, 9.17) is 16.9 Å². The van der Waals surface area contributed by atoms with E-state index in [9.17, 15) is 0 Å². The van der Waals surface area contributed by atoms with Crippen LogP contribution in [-0.4, -0.2) is 0 Å². The van der Waals surface area contributed by atoms with Gasteiger partial charge in [-0.05, 0) is 18.1 Å². The average Bonchev–Trinajstić information content (AvgIpc) is 2.31. The van der Waals surface area contributed by atoms with Crippen LogP contribution in [0, 0.1) is 11.3 Å². The zero-order valence-electron chi connectivity index (χ0n) is 9.75. The van der Waals surface area contributed by atoms with Crippen molar-refractivity contribution in [3.05, 3.63) is 34.9 Å². The molecule has 0 bridgehead atoms. The van der Waals surface area contributed by atoms with Crippen LogP contribution < -0.4 is 0 Å². The van der Waals surface area contributed by atoms with Crippen molar-refractivity contribution < 1.29 is 0 Å². The molecule has 1 aromatic carbocycles. The second-order valence-electron chi connectivity index (χ2n) is 4.05. The predicted molar refractivity (Wildman–Crippen MR) is 68.6 cm³/mol. The van der Waals surface area contributed by atoms with Crippen LogP contribution in [0.2, 0.25) is 5.02 Å². The highest BCUT2D eigenvalue weighted by Gasteiger charge is 2.12. The lowest BCUT2D eigenvalue weighted by Crippen LogP contribution is -1.96. The highest BCUT2D eigenvalue weighted by atomic mass is 35.5. The van der Waals surface area contributed by atoms with E-state index in [0.717, 1.165) is 18.4 Å². The van der Waals surface area contributed by atoms with Crippen LogP contribution in [0.4, 0.5) is 0 Å². The van der Waals surface area contributed by atoms with Gasteiger partial charge in [-0.1, -0.05) is 62.4 Å². The quantitative estimate of drug-likeness (QED) is 0.643. The Bertz CT molecular complexity index is 354. The molecule has 0 spiro atoms. The van der Waals surface area contributed by atoms with Gasteiger partial charge >= 0.3 is 0 Å². The van der Waals surface area contributed by atoms with Crippen LogP contribution >= 0.6 is 11.6 Å². The van der Waals surface area contributed by atoms with Gasteiger partial charge in [0.1, 0.15) is 0 Å². The second-order valence-corrected chi connectivity index (χ2v) is 4.46. The van der Waals surface area contributed by atoms with Crippen molar-refractivity contribution in [1.82, 2.24) is 0 Å². The number of hydrogen-bond donors (Lipinski definition) is 0. The summed E-state index contributed by atoms with van der Waals surface area (Å²) in [6.07, 6.45) is 5.71. The first-order chi connectivity index (χ1) is 7.79. The summed E-state index contributed by atoms with van der Waals surface area (Å²) in [5, 5.41) is 9.86. The maximum Gasteiger partial charge on any atom is 0.0727 e. The molecule has 2 heteroatoms. The smallest absolute Gasteiger partial charge is 0.0727 e. The van der Waals surface area contributed by atoms with E-state index in [0.29, 0.717) is 5.02 Å². The minimum Gasteiger partial charge on any atom is -0.198 e. The van der Waals surface area contributed by atoms with Gasteiger partial charge in [-0.25, -0.2) is 0 Å². The number of unbranched alkanes of at least 4 members (excludes halogenated alkanes) is 3. The van der Waals surface area contributed by atoms with Crippen molar-refractivity contribution in [2.24, 2.45) is 0 Å². The second kappa shape index (κ2) is 7.30. The molecule has 0 heterocycles. The summed E-state index contributed by atoms with van der Waals surface area (Å²) in [6.45, 7) is 2.19. The van der Waals surface area contributed by atoms with Gasteiger partial charge in [0, 0.05) is 5.02 Å². The van der Waals surface area contributed by atoms with Crippen molar-refractivity contribution in [3.8, 4) is 6.07 Å². The van der Waals surface area contributed by atoms with Gasteiger partial charge in [-0.3, -0.25) is 0 Å². The first-order valence-electron chi connectivity index (χ1n) is 5.93. The Kier molecular flexibility index (Phi) is 5.96. The third kappa shape index (κ3) is 3.87. The number of nitriles is 1. The highest BCUT2D eigenvalue weighted by Crippen LogP contribution is 2.28. The van der Waals surface area contributed by atoms with Crippen LogP contribution in [0.15, 0.2) is 24.3 Å². The first kappa shape index (κ1) is 13.1. The number of nitrogens with zero attached hydrogens (tertiary/aromatic N) is 1. The third-order valence-electron chi connectivity index (χ3n) is 2.78. The van der Waals surface area contributed by atoms with Crippen molar-refractivity contribution >= 4 is 11.6 Å². The lowest BCUT2D eigenvalue weighted by Gasteiger charge is -2.10. The summed E-state index contributed by atoms with van der Waals surface area (Å²) in [6, 6.07) is 10.0. The minimum absolute atomic E-state index is 0.0504. The molecule has 1 unspecified atom stereocenters. The van der Waals surface area contributed by atoms with Crippen LogP contribution in [-0.2, 0) is 0 Å². The Labute approximate surface area is 103 Å². The molecule has 86 valence electrons. The lowest BCUT2D eigenvalue weighted by atomic mass is 9.94. The van der Waals surface area contributed by atoms with Crippen LogP contribution in [0.25, 0.3) is 0 Å². The molecule has 0 aliphatic heterocycles. The molecule has 1 nitrogen and oxygen atoms in total. The van der Waals surface area contributed by atoms with Crippen LogP contribution in [0.5, 0.6) is 0 Å². The summed E-state index contributed by atoms with van der Waals surface area (Å²) >= 11 is 6.09. The van der Waals surface area contributed by atoms with Gasteiger partial charge < -0.3 is 0 Å². The number of benzene rings is 1. The van der Waals surface area contributed by atoms with Crippen molar-refractivity contribution in [3.63, 3.8) is 0 Å². The summed E-state index contributed by atoms with van der Waals surface area (Å²) in [4.78, 5) is 0. The van der Waals surface area contributed by atoms with Gasteiger partial charge in [0.15, 0.2) is 0 Å². The molecule has 0 aliphatic carbocycles. The van der Waals surface area contributed by atoms with Crippen molar-refractivity contribution in [2.75, 3.05) is 0 Å². The normalized spacial score (nSPS) is 12.1. The first-order valence-corrected chi connectivity index (χ1v) is 6.31. The molecular formula is C14H18ClN. The zero-order valence-corrected chi connectivity index (χ0v) is 10.5. The fraction of sp³-hybridized carbons (Fsp3) is 0.500. The fourth-order valence-electron chi connectivity index (χ4n) is 1.82. The molecule has 1 rings (SSSR count). The molecule has 0 N–H and O–H groups in total. The number of hydrogen-bond acceptors (Lipinski definition) is 1. The van der Waals surface area contributed by atoms with Crippen LogP contribution in [0.3, 0.4) is 0 Å². The summed E-state index contributed by atoms with van der Waals surface area (Å²) < 4.78 is 0. The van der Waals surface area contributed by atoms with E-state index < -0.39 is 0 Å². The van der Waals surface area contributed by atoms with E-state index in [2.05, 4.69) is 13.0 Å². The minimum atomic E-state index is -0.0504. The zero-order chi connectivity index (χ0) is 11.8. The Hall–Kier alpha value is -1.00. The standard InChI is InChI=1S/C14H18ClN/c1-2-3-4-5-8-12(11-16)13-9-6-7-10-14(13)15/h6-7,9-10,12H,2-5,8H2,1H3. The molecule has 0 saturated heterocycles. The predicted octanol–water partition coefficient (Wildman–Crippen LogP) is 4.92. The van der Waals surface area contributed by atoms with Gasteiger partial charge in [-0.15, -0.1) is 0 Å². The molecule has 1 atom stereocenters. The summed E-state index contributed by atoms with van der Waals surface area (Å²) in [5.74, 6) is -0.0504. The molecular weight excluding hydrogens is 218 g/mol. The molecule has 16 heavy (non-hydrogen) atoms. The summed E-state index contributed by atoms with van der Waals surface area (Å²) in [5.41, 5.74) is 0.975. The number of halogens is 1. The van der Waals surface area contributed by atoms with E-state index in [1.807, 2.05) is 24.3 Å². The molecule has 0 amide bonds. The lowest BCUT2D eigenvalue weighted by molar-refractivity contribution is 0.608. The van der Waals surface area contributed by atoms with Gasteiger partial charge in [0.05, 0.1) is 12.0 Å². The molecule has 0 aromatic heterocycles.